The van der Waals surface area contributed by atoms with Crippen molar-refractivity contribution in [2.24, 2.45) is 114 Å². The van der Waals surface area contributed by atoms with E-state index in [-0.39, 0.29) is 81.0 Å². The van der Waals surface area contributed by atoms with Crippen molar-refractivity contribution in [2.75, 3.05) is 32.2 Å². The molecule has 0 radical (unpaired) electrons. The molecule has 15 aliphatic rings. The Kier molecular flexibility index (Phi) is 37.4. The summed E-state index contributed by atoms with van der Waals surface area (Å²) in [6.45, 7) is 48.7. The highest BCUT2D eigenvalue weighted by atomic mass is 32.2. The van der Waals surface area contributed by atoms with Gasteiger partial charge >= 0.3 is 59.9 Å². The lowest BCUT2D eigenvalue weighted by molar-refractivity contribution is -0.226. The minimum atomic E-state index is -5.16. The average Bonchev–Trinajstić information content (AvgIpc) is 1.53. The van der Waals surface area contributed by atoms with Gasteiger partial charge in [-0.05, 0) is 370 Å². The second-order valence-electron chi connectivity index (χ2n) is 49.0. The lowest BCUT2D eigenvalue weighted by Gasteiger charge is -2.59. The number of rotatable bonds is 30. The zero-order valence-corrected chi connectivity index (χ0v) is 90.7. The van der Waals surface area contributed by atoms with E-state index >= 15 is 0 Å². The Bertz CT molecular complexity index is 4800. The van der Waals surface area contributed by atoms with E-state index in [0.717, 1.165) is 144 Å². The minimum absolute atomic E-state index is 0.0282. The van der Waals surface area contributed by atoms with Gasteiger partial charge in [0.1, 0.15) is 42.4 Å². The van der Waals surface area contributed by atoms with Gasteiger partial charge in [0, 0.05) is 24.2 Å². The van der Waals surface area contributed by atoms with Gasteiger partial charge in [-0.25, -0.2) is 18.0 Å². The van der Waals surface area contributed by atoms with Gasteiger partial charge in [-0.15, -0.1) is 0 Å². The third-order valence-corrected chi connectivity index (χ3v) is 37.6. The summed E-state index contributed by atoms with van der Waals surface area (Å²) < 4.78 is 125. The quantitative estimate of drug-likeness (QED) is 0.0162. The molecule has 0 amide bonds. The first-order valence-electron chi connectivity index (χ1n) is 52.6. The number of ether oxygens (including phenoxy) is 10. The van der Waals surface area contributed by atoms with Gasteiger partial charge in [0.25, 0.3) is 0 Å². The highest BCUT2D eigenvalue weighted by Crippen LogP contribution is 2.71. The van der Waals surface area contributed by atoms with Gasteiger partial charge in [-0.2, -0.15) is 13.2 Å². The van der Waals surface area contributed by atoms with Gasteiger partial charge in [0.15, 0.2) is 14.7 Å². The molecule has 13 atom stereocenters. The fourth-order valence-electron chi connectivity index (χ4n) is 24.2. The number of carbonyl (C=O) groups excluding carboxylic acids is 9. The largest absolute Gasteiger partial charge is 0.748 e. The van der Waals surface area contributed by atoms with Crippen LogP contribution in [0.25, 0.3) is 0 Å². The van der Waals surface area contributed by atoms with Crippen molar-refractivity contribution in [2.45, 2.75) is 414 Å². The predicted octanol–water partition coefficient (Wildman–Crippen LogP) is 23.8. The Morgan fingerprint density at radius 3 is 1.38 bits per heavy atom. The summed E-state index contributed by atoms with van der Waals surface area (Å²) in [5.74, 6) is 3.71. The smallest absolute Gasteiger partial charge is 0.426 e. The first-order chi connectivity index (χ1) is 65.5. The van der Waals surface area contributed by atoms with E-state index < -0.39 is 96.4 Å². The van der Waals surface area contributed by atoms with Crippen LogP contribution in [0.1, 0.15) is 352 Å². The molecular weight excluding hydrogens is 1850 g/mol. The molecular formula is C113H169F3O23S2. The number of hydrogen-bond acceptors (Lipinski definition) is 23. The van der Waals surface area contributed by atoms with E-state index in [1.165, 1.54) is 46.8 Å². The third kappa shape index (κ3) is 28.6. The summed E-state index contributed by atoms with van der Waals surface area (Å²) in [7, 11) is -5.33. The molecule has 13 unspecified atom stereocenters. The lowest BCUT2D eigenvalue weighted by atomic mass is 9.49. The number of esters is 9. The molecule has 12 bridgehead atoms. The maximum absolute atomic E-state index is 12.9. The molecule has 2 heterocycles. The zero-order valence-electron chi connectivity index (χ0n) is 89.1. The first kappa shape index (κ1) is 116. The Hall–Kier alpha value is -7.30. The number of carbonyl (C=O) groups is 9. The number of benzene rings is 3. The van der Waals surface area contributed by atoms with Crippen LogP contribution in [-0.4, -0.2) is 151 Å². The summed E-state index contributed by atoms with van der Waals surface area (Å²) >= 11 is 0. The highest BCUT2D eigenvalue weighted by Gasteiger charge is 2.69. The monoisotopic (exact) mass is 2020 g/mol. The Labute approximate surface area is 842 Å². The SMILES string of the molecule is CCC(C)(C)C(=O)OC1(CC)CC2CC1C1C3CCC(C3)C21.CCC(C)(C)C(=O)OC12CC3CC(CC(O)(C3)C1)C2.CCC(C)(C)C(=O)OC1C(=O)OCC1(C)C.CCC(C)(C)C(=O)OC1CCOC1=O.CCC(C)(C)C(=O)OCCOc1ccc([S+](c2ccccc2)c2ccccc2)cc1.CCC1(OC(=O)C(C)(C)CC)CCC(C)(C)C1.O=C(OC(CS(=O)(=O)[O-])C(F)(F)F)C12CC3CC(CC(C3)C1)C2. The molecule has 18 rings (SSSR count). The van der Waals surface area contributed by atoms with Crippen molar-refractivity contribution in [1.29, 1.82) is 0 Å². The van der Waals surface area contributed by atoms with Crippen molar-refractivity contribution >= 4 is 74.7 Å². The van der Waals surface area contributed by atoms with Gasteiger partial charge in [-0.3, -0.25) is 33.6 Å². The molecule has 15 fully saturated rings. The topological polar surface area (TPSA) is 323 Å². The molecule has 141 heavy (non-hydrogen) atoms. The fraction of sp³-hybridized carbons (Fsp3) is 0.761. The molecule has 3 aromatic carbocycles. The van der Waals surface area contributed by atoms with Crippen LogP contribution in [0.15, 0.2) is 99.6 Å². The van der Waals surface area contributed by atoms with Crippen LogP contribution in [0.3, 0.4) is 0 Å². The fourth-order valence-corrected chi connectivity index (χ4v) is 26.9. The minimum Gasteiger partial charge on any atom is -0.748 e. The highest BCUT2D eigenvalue weighted by molar-refractivity contribution is 7.97. The van der Waals surface area contributed by atoms with Crippen LogP contribution >= 0.6 is 0 Å². The second kappa shape index (κ2) is 45.6. The van der Waals surface area contributed by atoms with Gasteiger partial charge in [0.2, 0.25) is 18.3 Å². The maximum Gasteiger partial charge on any atom is 0.426 e. The normalized spacial score (nSPS) is 30.4. The van der Waals surface area contributed by atoms with Crippen LogP contribution in [-0.2, 0) is 107 Å². The Morgan fingerprint density at radius 2 is 0.950 bits per heavy atom. The molecule has 2 saturated heterocycles. The average molecular weight is 2020 g/mol. The number of alkyl halides is 3. The maximum atomic E-state index is 12.9. The van der Waals surface area contributed by atoms with Crippen molar-refractivity contribution in [3.05, 3.63) is 84.9 Å². The molecule has 28 heteroatoms. The zero-order chi connectivity index (χ0) is 105. The summed E-state index contributed by atoms with van der Waals surface area (Å²) in [6, 6.07) is 29.3. The Morgan fingerprint density at radius 1 is 0.489 bits per heavy atom. The van der Waals surface area contributed by atoms with Crippen LogP contribution in [0.4, 0.5) is 13.2 Å². The standard InChI is InChI=1S/C26H29O3S.C20H32O2.C16H26O3.C15H28O2.C14H19F3O5S.C12H20O4.C10H16O4/c1-4-26(2,3)25(27)29-20-19-28-21-15-17-24(18-16-21)30(22-11-7-5-8-12-22)23-13-9-6-10-14-23;1-5-19(3,4)18(21)22-20(6-2)11-14-10-15(20)17-13-8-7-12(9-13)16(14)17;1-4-14(2,3)13(17)19-16-8-11-5-12(9-16)7-15(18,6-11)10-16;1-7-14(5,6)12(16)17-15(8-2)10-9-13(3,4)11-15;15-14(16,17)11(7-23(19,20)21)22-12(18)13-4-8-1-9(5-13)3-10(2-8)6-13;1-6-11(2,3)10(14)16-8-9(13)15-7-12(8,4)5;1-4-10(2,3)9(12)14-7-5-6-13-8(7)11/h5-18H,4,19-20H2,1-3H3;12-17H,5-11H2,1-4H3;11-12,18H,4-10H2,1-3H3;7-11H2,1-6H3;8-11H,1-7H2,(H,19,20,21);8H,6-7H2,1-5H3;7H,4-6H2,1-3H3/q+1;;;;;;/p-1. The number of fused-ring (bicyclic) bond motifs is 9. The van der Waals surface area contributed by atoms with Gasteiger partial charge < -0.3 is 57.0 Å². The predicted molar refractivity (Wildman–Crippen MR) is 532 cm³/mol. The summed E-state index contributed by atoms with van der Waals surface area (Å²) in [5.41, 5.74) is -4.92. The van der Waals surface area contributed by atoms with Crippen molar-refractivity contribution in [3.63, 3.8) is 0 Å². The number of halogens is 3. The van der Waals surface area contributed by atoms with E-state index in [1.54, 1.807) is 13.8 Å². The first-order valence-corrected chi connectivity index (χ1v) is 55.4. The molecule has 13 saturated carbocycles. The van der Waals surface area contributed by atoms with E-state index in [0.29, 0.717) is 106 Å². The second-order valence-corrected chi connectivity index (χ2v) is 52.5. The van der Waals surface area contributed by atoms with E-state index in [4.69, 9.17) is 42.6 Å². The van der Waals surface area contributed by atoms with Crippen LogP contribution in [0.2, 0.25) is 0 Å². The molecule has 0 spiro atoms. The lowest BCUT2D eigenvalue weighted by Crippen LogP contribution is -2.61. The Balaban J connectivity index is 0.000000172. The van der Waals surface area contributed by atoms with Gasteiger partial charge in [0.05, 0.1) is 76.9 Å². The number of aliphatic hydroxyl groups is 1. The van der Waals surface area contributed by atoms with E-state index in [9.17, 15) is 74.4 Å². The number of cyclic esters (lactones) is 2. The van der Waals surface area contributed by atoms with Crippen LogP contribution in [0, 0.1) is 114 Å². The summed E-state index contributed by atoms with van der Waals surface area (Å²) in [5, 5.41) is 10.6. The van der Waals surface area contributed by atoms with Crippen molar-refractivity contribution in [1.82, 2.24) is 0 Å². The number of hydrogen-bond donors (Lipinski definition) is 1. The summed E-state index contributed by atoms with van der Waals surface area (Å²) in [4.78, 5) is 111. The van der Waals surface area contributed by atoms with Crippen molar-refractivity contribution < 1.29 is 122 Å². The molecule has 2 aliphatic heterocycles. The molecule has 0 aromatic heterocycles. The van der Waals surface area contributed by atoms with Crippen LogP contribution < -0.4 is 4.74 Å². The van der Waals surface area contributed by atoms with Crippen molar-refractivity contribution in [3.8, 4) is 5.75 Å². The van der Waals surface area contributed by atoms with E-state index in [2.05, 4.69) is 100 Å². The molecule has 1 N–H and O–H groups in total. The molecule has 13 aliphatic carbocycles. The summed E-state index contributed by atoms with van der Waals surface area (Å²) in [6.07, 6.45) is 17.9. The molecule has 23 nitrogen and oxygen atoms in total. The van der Waals surface area contributed by atoms with E-state index in [1.807, 2.05) is 142 Å². The van der Waals surface area contributed by atoms with Crippen LogP contribution in [0.5, 0.6) is 5.75 Å². The van der Waals surface area contributed by atoms with Gasteiger partial charge in [-0.1, -0.05) is 119 Å². The third-order valence-electron chi connectivity index (χ3n) is 34.6. The molecule has 3 aromatic rings. The molecule has 792 valence electrons.